The maximum atomic E-state index is 12.9. The Bertz CT molecular complexity index is 763. The van der Waals surface area contributed by atoms with Gasteiger partial charge in [0, 0.05) is 30.6 Å². The summed E-state index contributed by atoms with van der Waals surface area (Å²) in [6.45, 7) is 6.48. The molecule has 0 radical (unpaired) electrons. The number of nitrogens with zero attached hydrogens (tertiary/aromatic N) is 3. The van der Waals surface area contributed by atoms with Crippen molar-refractivity contribution in [3.05, 3.63) is 24.3 Å². The fourth-order valence-corrected chi connectivity index (χ4v) is 2.95. The number of amides is 1. The van der Waals surface area contributed by atoms with Gasteiger partial charge in [-0.15, -0.1) is 0 Å². The molecule has 24 heavy (non-hydrogen) atoms. The Labute approximate surface area is 140 Å². The second-order valence-corrected chi connectivity index (χ2v) is 7.09. The molecular formula is C17H22N4O3. The number of nitrogens with one attached hydrogen (secondary N) is 1. The monoisotopic (exact) mass is 330 g/mol. The molecule has 1 fully saturated rings. The number of aromatic amines is 1. The van der Waals surface area contributed by atoms with Crippen LogP contribution in [-0.4, -0.2) is 50.4 Å². The lowest BCUT2D eigenvalue weighted by Gasteiger charge is -2.33. The summed E-state index contributed by atoms with van der Waals surface area (Å²) >= 11 is 0. The number of carbonyl (C=O) groups is 2. The number of piperidine rings is 1. The zero-order valence-electron chi connectivity index (χ0n) is 14.2. The first-order chi connectivity index (χ1) is 11.3. The normalized spacial score (nSPS) is 18.6. The molecule has 1 atom stereocenters. The number of ether oxygens (including phenoxy) is 1. The number of aromatic nitrogens is 3. The van der Waals surface area contributed by atoms with Crippen molar-refractivity contribution < 1.29 is 14.3 Å². The van der Waals surface area contributed by atoms with Gasteiger partial charge in [-0.2, -0.15) is 0 Å². The molecule has 1 aliphatic rings. The molecule has 7 nitrogen and oxygen atoms in total. The Morgan fingerprint density at radius 2 is 2.12 bits per heavy atom. The van der Waals surface area contributed by atoms with Gasteiger partial charge in [0.1, 0.15) is 23.3 Å². The molecule has 0 aliphatic carbocycles. The number of hydrogen-bond acceptors (Lipinski definition) is 5. The van der Waals surface area contributed by atoms with Crippen molar-refractivity contribution >= 4 is 22.9 Å². The first-order valence-corrected chi connectivity index (χ1v) is 8.15. The number of carbonyl (C=O) groups excluding carboxylic acids is 2. The molecule has 1 unspecified atom stereocenters. The summed E-state index contributed by atoms with van der Waals surface area (Å²) in [5.74, 6) is -0.311. The maximum Gasteiger partial charge on any atom is 0.410 e. The van der Waals surface area contributed by atoms with Gasteiger partial charge < -0.3 is 14.6 Å². The van der Waals surface area contributed by atoms with Gasteiger partial charge in [0.15, 0.2) is 5.78 Å². The molecule has 2 aromatic heterocycles. The highest BCUT2D eigenvalue weighted by Crippen LogP contribution is 2.24. The van der Waals surface area contributed by atoms with Crippen molar-refractivity contribution in [2.45, 2.75) is 39.2 Å². The number of fused-ring (bicyclic) bond motifs is 1. The van der Waals surface area contributed by atoms with Gasteiger partial charge >= 0.3 is 6.09 Å². The van der Waals surface area contributed by atoms with Crippen LogP contribution in [0.25, 0.3) is 11.0 Å². The summed E-state index contributed by atoms with van der Waals surface area (Å²) in [5.41, 5.74) is 0.517. The van der Waals surface area contributed by atoms with E-state index in [1.54, 1.807) is 17.2 Å². The molecule has 1 N–H and O–H groups in total. The largest absolute Gasteiger partial charge is 0.444 e. The van der Waals surface area contributed by atoms with E-state index in [0.717, 1.165) is 18.2 Å². The maximum absolute atomic E-state index is 12.9. The zero-order chi connectivity index (χ0) is 17.3. The molecule has 1 aliphatic heterocycles. The van der Waals surface area contributed by atoms with Gasteiger partial charge in [0.05, 0.1) is 0 Å². The van der Waals surface area contributed by atoms with E-state index < -0.39 is 5.60 Å². The van der Waals surface area contributed by atoms with Crippen molar-refractivity contribution in [3.63, 3.8) is 0 Å². The molecule has 0 bridgehead atoms. The molecule has 7 heteroatoms. The minimum Gasteiger partial charge on any atom is -0.444 e. The standard InChI is InChI=1S/C17H22N4O3/c1-17(2,3)24-16(23)21-8-4-5-11(9-21)14(22)13-12-6-7-18-15(12)20-10-19-13/h6-7,10-11H,4-5,8-9H2,1-3H3,(H,18,19,20). The lowest BCUT2D eigenvalue weighted by molar-refractivity contribution is 0.0171. The second kappa shape index (κ2) is 6.22. The van der Waals surface area contributed by atoms with Crippen molar-refractivity contribution in [1.29, 1.82) is 0 Å². The van der Waals surface area contributed by atoms with E-state index in [0.29, 0.717) is 24.4 Å². The smallest absolute Gasteiger partial charge is 0.410 e. The molecule has 3 heterocycles. The average molecular weight is 330 g/mol. The predicted molar refractivity (Wildman–Crippen MR) is 88.8 cm³/mol. The van der Waals surface area contributed by atoms with Crippen molar-refractivity contribution in [1.82, 2.24) is 19.9 Å². The predicted octanol–water partition coefficient (Wildman–Crippen LogP) is 2.79. The summed E-state index contributed by atoms with van der Waals surface area (Å²) in [7, 11) is 0. The van der Waals surface area contributed by atoms with Crippen LogP contribution in [0, 0.1) is 5.92 Å². The van der Waals surface area contributed by atoms with E-state index in [1.807, 2.05) is 20.8 Å². The molecule has 0 spiro atoms. The van der Waals surface area contributed by atoms with Gasteiger partial charge in [-0.05, 0) is 39.7 Å². The first-order valence-electron chi connectivity index (χ1n) is 8.15. The lowest BCUT2D eigenvalue weighted by Crippen LogP contribution is -2.44. The van der Waals surface area contributed by atoms with E-state index in [2.05, 4.69) is 15.0 Å². The highest BCUT2D eigenvalue weighted by Gasteiger charge is 2.32. The van der Waals surface area contributed by atoms with Crippen molar-refractivity contribution in [3.8, 4) is 0 Å². The van der Waals surface area contributed by atoms with Crippen LogP contribution in [0.3, 0.4) is 0 Å². The van der Waals surface area contributed by atoms with Crippen LogP contribution in [0.4, 0.5) is 4.79 Å². The Hall–Kier alpha value is -2.44. The fraction of sp³-hybridized carbons (Fsp3) is 0.529. The topological polar surface area (TPSA) is 88.2 Å². The Kier molecular flexibility index (Phi) is 4.26. The fourth-order valence-electron chi connectivity index (χ4n) is 2.95. The number of ketones is 1. The van der Waals surface area contributed by atoms with Crippen molar-refractivity contribution in [2.24, 2.45) is 5.92 Å². The number of Topliss-reactive ketones (excluding diaryl/α,β-unsaturated/α-hetero) is 1. The molecule has 3 rings (SSSR count). The number of H-pyrrole nitrogens is 1. The molecule has 0 saturated carbocycles. The highest BCUT2D eigenvalue weighted by atomic mass is 16.6. The number of likely N-dealkylation sites (tertiary alicyclic amines) is 1. The van der Waals surface area contributed by atoms with Crippen LogP contribution in [0.15, 0.2) is 18.6 Å². The van der Waals surface area contributed by atoms with Crippen LogP contribution in [0.5, 0.6) is 0 Å². The molecule has 128 valence electrons. The molecular weight excluding hydrogens is 308 g/mol. The molecule has 1 saturated heterocycles. The van der Waals surface area contributed by atoms with Gasteiger partial charge in [-0.25, -0.2) is 14.8 Å². The Balaban J connectivity index is 1.76. The van der Waals surface area contributed by atoms with Gasteiger partial charge in [-0.3, -0.25) is 4.79 Å². The molecule has 2 aromatic rings. The molecule has 0 aromatic carbocycles. The minimum atomic E-state index is -0.544. The van der Waals surface area contributed by atoms with E-state index in [9.17, 15) is 9.59 Å². The van der Waals surface area contributed by atoms with Crippen LogP contribution in [-0.2, 0) is 4.74 Å². The summed E-state index contributed by atoms with van der Waals surface area (Å²) in [6.07, 6.45) is 4.28. The van der Waals surface area contributed by atoms with E-state index in [-0.39, 0.29) is 17.8 Å². The summed E-state index contributed by atoms with van der Waals surface area (Å²) < 4.78 is 5.41. The van der Waals surface area contributed by atoms with Crippen LogP contribution in [0.2, 0.25) is 0 Å². The minimum absolute atomic E-state index is 0.0461. The van der Waals surface area contributed by atoms with Gasteiger partial charge in [-0.1, -0.05) is 0 Å². The van der Waals surface area contributed by atoms with E-state index in [1.165, 1.54) is 6.33 Å². The zero-order valence-corrected chi connectivity index (χ0v) is 14.2. The van der Waals surface area contributed by atoms with Crippen LogP contribution >= 0.6 is 0 Å². The Morgan fingerprint density at radius 1 is 1.33 bits per heavy atom. The Morgan fingerprint density at radius 3 is 2.88 bits per heavy atom. The van der Waals surface area contributed by atoms with Crippen molar-refractivity contribution in [2.75, 3.05) is 13.1 Å². The van der Waals surface area contributed by atoms with Gasteiger partial charge in [0.25, 0.3) is 0 Å². The quantitative estimate of drug-likeness (QED) is 0.855. The SMILES string of the molecule is CC(C)(C)OC(=O)N1CCCC(C(=O)c2ncnc3[nH]ccc23)C1. The third-order valence-corrected chi connectivity index (χ3v) is 4.03. The summed E-state index contributed by atoms with van der Waals surface area (Å²) in [4.78, 5) is 38.0. The lowest BCUT2D eigenvalue weighted by atomic mass is 9.91. The third-order valence-electron chi connectivity index (χ3n) is 4.03. The number of rotatable bonds is 2. The first kappa shape index (κ1) is 16.4. The summed E-state index contributed by atoms with van der Waals surface area (Å²) in [5, 5.41) is 0.719. The van der Waals surface area contributed by atoms with Gasteiger partial charge in [0.2, 0.25) is 0 Å². The highest BCUT2D eigenvalue weighted by molar-refractivity contribution is 6.06. The molecule has 1 amide bonds. The second-order valence-electron chi connectivity index (χ2n) is 7.09. The van der Waals surface area contributed by atoms with Crippen LogP contribution in [0.1, 0.15) is 44.1 Å². The summed E-state index contributed by atoms with van der Waals surface area (Å²) in [6, 6.07) is 1.80. The average Bonchev–Trinajstić information content (AvgIpc) is 3.01. The van der Waals surface area contributed by atoms with E-state index >= 15 is 0 Å². The third kappa shape index (κ3) is 3.39. The van der Waals surface area contributed by atoms with E-state index in [4.69, 9.17) is 4.74 Å². The van der Waals surface area contributed by atoms with Crippen LogP contribution < -0.4 is 0 Å². The number of hydrogen-bond donors (Lipinski definition) is 1.